The fraction of sp³-hybridized carbons (Fsp3) is 0.667. The molecule has 0 bridgehead atoms. The molecule has 1 aromatic rings. The molecule has 1 aliphatic carbocycles. The number of rotatable bonds is 2. The zero-order valence-electron chi connectivity index (χ0n) is 12.9. The van der Waals surface area contributed by atoms with Crippen LogP contribution in [0.3, 0.4) is 0 Å². The minimum absolute atomic E-state index is 0.263. The number of ether oxygens (including phenoxy) is 1. The molecule has 1 N–H and O–H groups in total. The maximum Gasteiger partial charge on any atom is 0.122 e. The molecule has 3 unspecified atom stereocenters. The lowest BCUT2D eigenvalue weighted by Crippen LogP contribution is -2.35. The Morgan fingerprint density at radius 2 is 2.05 bits per heavy atom. The lowest BCUT2D eigenvalue weighted by molar-refractivity contribution is -0.0133. The zero-order valence-corrected chi connectivity index (χ0v) is 12.9. The molecule has 110 valence electrons. The number of para-hydroxylation sites is 1. The number of fused-ring (bicyclic) bond motifs is 1. The molecule has 0 aromatic heterocycles. The van der Waals surface area contributed by atoms with E-state index in [1.807, 2.05) is 12.1 Å². The normalized spacial score (nSPS) is 35.4. The molecule has 2 aliphatic rings. The highest BCUT2D eigenvalue weighted by atomic mass is 16.5. The Morgan fingerprint density at radius 1 is 1.30 bits per heavy atom. The molecule has 1 aliphatic heterocycles. The Morgan fingerprint density at radius 3 is 2.75 bits per heavy atom. The lowest BCUT2D eigenvalue weighted by atomic mass is 9.78. The molecule has 20 heavy (non-hydrogen) atoms. The topological polar surface area (TPSA) is 29.5 Å². The predicted molar refractivity (Wildman–Crippen MR) is 81.0 cm³/mol. The van der Waals surface area contributed by atoms with Crippen LogP contribution in [0.15, 0.2) is 24.3 Å². The van der Waals surface area contributed by atoms with E-state index in [0.29, 0.717) is 11.8 Å². The molecule has 1 saturated carbocycles. The summed E-state index contributed by atoms with van der Waals surface area (Å²) in [6.45, 7) is 7.54. The van der Waals surface area contributed by atoms with Crippen LogP contribution < -0.4 is 4.74 Å². The fourth-order valence-electron chi connectivity index (χ4n) is 4.42. The molecule has 1 heterocycles. The third-order valence-electron chi connectivity index (χ3n) is 5.24. The first kappa shape index (κ1) is 13.9. The highest BCUT2D eigenvalue weighted by Gasteiger charge is 2.48. The monoisotopic (exact) mass is 274 g/mol. The Bertz CT molecular complexity index is 494. The first-order valence-corrected chi connectivity index (χ1v) is 7.84. The number of aliphatic hydroxyl groups is 1. The van der Waals surface area contributed by atoms with E-state index in [9.17, 15) is 5.11 Å². The van der Waals surface area contributed by atoms with E-state index in [-0.39, 0.29) is 5.41 Å². The van der Waals surface area contributed by atoms with Crippen LogP contribution in [-0.2, 0) is 0 Å². The quantitative estimate of drug-likeness (QED) is 0.878. The van der Waals surface area contributed by atoms with Crippen molar-refractivity contribution in [3.05, 3.63) is 29.8 Å². The first-order chi connectivity index (χ1) is 9.40. The highest BCUT2D eigenvalue weighted by molar-refractivity contribution is 5.38. The van der Waals surface area contributed by atoms with Crippen molar-refractivity contribution < 1.29 is 9.84 Å². The van der Waals surface area contributed by atoms with Gasteiger partial charge < -0.3 is 9.84 Å². The summed E-state index contributed by atoms with van der Waals surface area (Å²) < 4.78 is 5.74. The molecular weight excluding hydrogens is 248 g/mol. The summed E-state index contributed by atoms with van der Waals surface area (Å²) >= 11 is 0. The fourth-order valence-corrected chi connectivity index (χ4v) is 4.42. The van der Waals surface area contributed by atoms with Gasteiger partial charge in [0, 0.05) is 0 Å². The molecule has 1 fully saturated rings. The maximum atomic E-state index is 11.1. The van der Waals surface area contributed by atoms with E-state index in [4.69, 9.17) is 4.74 Å². The van der Waals surface area contributed by atoms with Crippen LogP contribution in [0.4, 0.5) is 0 Å². The standard InChI is InChI=1S/C18H26O2/c1-13-10-17(2,3)12-18(13,19)11-14-8-9-20-16-7-5-4-6-15(14)16/h4-7,13-14,19H,8-12H2,1-3H3. The van der Waals surface area contributed by atoms with Gasteiger partial charge >= 0.3 is 0 Å². The van der Waals surface area contributed by atoms with Gasteiger partial charge in [0.1, 0.15) is 5.75 Å². The van der Waals surface area contributed by atoms with Gasteiger partial charge in [-0.3, -0.25) is 0 Å². The second-order valence-electron chi connectivity index (χ2n) is 7.63. The molecule has 1 aromatic carbocycles. The van der Waals surface area contributed by atoms with E-state index in [1.165, 1.54) is 5.56 Å². The third kappa shape index (κ3) is 2.46. The van der Waals surface area contributed by atoms with Crippen molar-refractivity contribution in [1.29, 1.82) is 0 Å². The summed E-state index contributed by atoms with van der Waals surface area (Å²) in [4.78, 5) is 0. The SMILES string of the molecule is CC1CC(C)(C)CC1(O)CC1CCOc2ccccc21. The number of benzene rings is 1. The first-order valence-electron chi connectivity index (χ1n) is 7.84. The van der Waals surface area contributed by atoms with Gasteiger partial charge in [-0.05, 0) is 54.6 Å². The summed E-state index contributed by atoms with van der Waals surface area (Å²) in [6.07, 6.45) is 3.93. The second kappa shape index (κ2) is 4.77. The number of hydrogen-bond acceptors (Lipinski definition) is 2. The Kier molecular flexibility index (Phi) is 3.32. The third-order valence-corrected chi connectivity index (χ3v) is 5.24. The highest BCUT2D eigenvalue weighted by Crippen LogP contribution is 2.52. The van der Waals surface area contributed by atoms with Crippen molar-refractivity contribution >= 4 is 0 Å². The van der Waals surface area contributed by atoms with Crippen LogP contribution in [0.2, 0.25) is 0 Å². The summed E-state index contributed by atoms with van der Waals surface area (Å²) in [5.41, 5.74) is 1.03. The average Bonchev–Trinajstić information content (AvgIpc) is 2.58. The Hall–Kier alpha value is -1.02. The Labute approximate surface area is 122 Å². The summed E-state index contributed by atoms with van der Waals surface area (Å²) in [7, 11) is 0. The molecular formula is C18H26O2. The van der Waals surface area contributed by atoms with E-state index < -0.39 is 5.60 Å². The van der Waals surface area contributed by atoms with E-state index in [0.717, 1.165) is 38.0 Å². The maximum absolute atomic E-state index is 11.1. The second-order valence-corrected chi connectivity index (χ2v) is 7.63. The van der Waals surface area contributed by atoms with Crippen LogP contribution >= 0.6 is 0 Å². The van der Waals surface area contributed by atoms with Gasteiger partial charge in [-0.15, -0.1) is 0 Å². The number of hydrogen-bond donors (Lipinski definition) is 1. The molecule has 2 heteroatoms. The Balaban J connectivity index is 1.82. The van der Waals surface area contributed by atoms with Crippen LogP contribution in [0.5, 0.6) is 5.75 Å². The molecule has 0 amide bonds. The van der Waals surface area contributed by atoms with Gasteiger partial charge in [0.05, 0.1) is 12.2 Å². The minimum atomic E-state index is -0.515. The molecule has 0 saturated heterocycles. The lowest BCUT2D eigenvalue weighted by Gasteiger charge is -2.35. The summed E-state index contributed by atoms with van der Waals surface area (Å²) in [5, 5.41) is 11.1. The van der Waals surface area contributed by atoms with E-state index in [2.05, 4.69) is 32.9 Å². The van der Waals surface area contributed by atoms with E-state index in [1.54, 1.807) is 0 Å². The smallest absolute Gasteiger partial charge is 0.122 e. The average molecular weight is 274 g/mol. The van der Waals surface area contributed by atoms with Gasteiger partial charge in [-0.2, -0.15) is 0 Å². The molecule has 3 atom stereocenters. The van der Waals surface area contributed by atoms with Crippen molar-refractivity contribution in [3.8, 4) is 5.75 Å². The van der Waals surface area contributed by atoms with Crippen molar-refractivity contribution in [2.45, 2.75) is 58.0 Å². The van der Waals surface area contributed by atoms with Crippen LogP contribution in [0.25, 0.3) is 0 Å². The van der Waals surface area contributed by atoms with Crippen molar-refractivity contribution in [1.82, 2.24) is 0 Å². The van der Waals surface area contributed by atoms with Crippen molar-refractivity contribution in [2.24, 2.45) is 11.3 Å². The molecule has 0 spiro atoms. The van der Waals surface area contributed by atoms with Gasteiger partial charge in [0.25, 0.3) is 0 Å². The van der Waals surface area contributed by atoms with Crippen LogP contribution in [-0.4, -0.2) is 17.3 Å². The zero-order chi connectivity index (χ0) is 14.4. The summed E-state index contributed by atoms with van der Waals surface area (Å²) in [6, 6.07) is 8.31. The van der Waals surface area contributed by atoms with Gasteiger partial charge in [-0.1, -0.05) is 39.0 Å². The van der Waals surface area contributed by atoms with Crippen LogP contribution in [0.1, 0.15) is 57.9 Å². The minimum Gasteiger partial charge on any atom is -0.493 e. The van der Waals surface area contributed by atoms with Gasteiger partial charge in [-0.25, -0.2) is 0 Å². The molecule has 0 radical (unpaired) electrons. The summed E-state index contributed by atoms with van der Waals surface area (Å²) in [5.74, 6) is 1.83. The largest absolute Gasteiger partial charge is 0.493 e. The molecule has 2 nitrogen and oxygen atoms in total. The molecule has 3 rings (SSSR count). The predicted octanol–water partition coefficient (Wildman–Crippen LogP) is 4.13. The van der Waals surface area contributed by atoms with Crippen molar-refractivity contribution in [3.63, 3.8) is 0 Å². The van der Waals surface area contributed by atoms with Crippen molar-refractivity contribution in [2.75, 3.05) is 6.61 Å². The van der Waals surface area contributed by atoms with E-state index >= 15 is 0 Å². The van der Waals surface area contributed by atoms with Crippen LogP contribution in [0, 0.1) is 11.3 Å². The van der Waals surface area contributed by atoms with Gasteiger partial charge in [0.15, 0.2) is 0 Å². The van der Waals surface area contributed by atoms with Gasteiger partial charge in [0.2, 0.25) is 0 Å².